The maximum atomic E-state index is 12.1. The van der Waals surface area contributed by atoms with E-state index in [9.17, 15) is 4.79 Å². The number of halogens is 1. The molecule has 5 nitrogen and oxygen atoms in total. The summed E-state index contributed by atoms with van der Waals surface area (Å²) in [6, 6.07) is 13.4. The van der Waals surface area contributed by atoms with Gasteiger partial charge in [0, 0.05) is 30.3 Å². The maximum absolute atomic E-state index is 12.1. The summed E-state index contributed by atoms with van der Waals surface area (Å²) in [4.78, 5) is 21.9. The molecular formula is C20H21ClN4O. The Morgan fingerprint density at radius 1 is 1.31 bits per heavy atom. The van der Waals surface area contributed by atoms with Gasteiger partial charge < -0.3 is 10.2 Å². The molecule has 0 saturated carbocycles. The van der Waals surface area contributed by atoms with Crippen molar-refractivity contribution in [1.29, 1.82) is 0 Å². The zero-order valence-corrected chi connectivity index (χ0v) is 15.4. The number of anilines is 2. The van der Waals surface area contributed by atoms with Gasteiger partial charge in [-0.15, -0.1) is 0 Å². The predicted octanol–water partition coefficient (Wildman–Crippen LogP) is 3.82. The van der Waals surface area contributed by atoms with Crippen molar-refractivity contribution in [3.05, 3.63) is 63.4 Å². The Kier molecular flexibility index (Phi) is 4.55. The maximum Gasteiger partial charge on any atom is 0.260 e. The van der Waals surface area contributed by atoms with Crippen LogP contribution in [-0.4, -0.2) is 29.6 Å². The van der Waals surface area contributed by atoms with Crippen molar-refractivity contribution in [2.24, 2.45) is 5.92 Å². The fourth-order valence-corrected chi connectivity index (χ4v) is 3.72. The summed E-state index contributed by atoms with van der Waals surface area (Å²) in [7, 11) is 0. The molecule has 2 heterocycles. The normalized spacial score (nSPS) is 17.0. The Morgan fingerprint density at radius 3 is 3.04 bits per heavy atom. The van der Waals surface area contributed by atoms with Gasteiger partial charge in [0.1, 0.15) is 0 Å². The Hall–Kier alpha value is -2.53. The fourth-order valence-electron chi connectivity index (χ4n) is 3.55. The average Bonchev–Trinajstić information content (AvgIpc) is 3.11. The number of aryl methyl sites for hydroxylation is 1. The van der Waals surface area contributed by atoms with Gasteiger partial charge >= 0.3 is 0 Å². The minimum Gasteiger partial charge on any atom is -0.371 e. The van der Waals surface area contributed by atoms with Crippen molar-refractivity contribution >= 4 is 34.1 Å². The number of rotatable bonds is 4. The van der Waals surface area contributed by atoms with Gasteiger partial charge in [-0.05, 0) is 49.1 Å². The van der Waals surface area contributed by atoms with E-state index in [1.807, 2.05) is 30.3 Å². The summed E-state index contributed by atoms with van der Waals surface area (Å²) in [6.07, 6.45) is 1.09. The van der Waals surface area contributed by atoms with Crippen molar-refractivity contribution in [2.75, 3.05) is 29.9 Å². The highest BCUT2D eigenvalue weighted by atomic mass is 35.5. The number of nitrogens with zero attached hydrogens (tertiary/aromatic N) is 2. The number of hydrogen-bond donors (Lipinski definition) is 2. The van der Waals surface area contributed by atoms with Crippen LogP contribution in [0.2, 0.25) is 5.02 Å². The minimum atomic E-state index is -0.110. The molecule has 0 aliphatic carbocycles. The molecular weight excluding hydrogens is 348 g/mol. The van der Waals surface area contributed by atoms with E-state index in [1.54, 1.807) is 6.07 Å². The van der Waals surface area contributed by atoms with Crippen LogP contribution >= 0.6 is 11.6 Å². The molecule has 0 amide bonds. The van der Waals surface area contributed by atoms with E-state index >= 15 is 0 Å². The van der Waals surface area contributed by atoms with E-state index in [0.717, 1.165) is 31.1 Å². The molecule has 134 valence electrons. The van der Waals surface area contributed by atoms with Gasteiger partial charge in [-0.3, -0.25) is 9.78 Å². The highest BCUT2D eigenvalue weighted by molar-refractivity contribution is 6.30. The summed E-state index contributed by atoms with van der Waals surface area (Å²) in [5, 5.41) is 4.68. The molecule has 2 aromatic carbocycles. The molecule has 4 rings (SSSR count). The molecule has 0 bridgehead atoms. The standard InChI is InChI=1S/C20H21ClN4O/c1-13-6-7-15(21)10-18(13)25-9-8-14(12-25)11-22-20-23-17-5-3-2-4-16(17)19(26)24-20/h2-7,10,14H,8-9,11-12H2,1H3,(H2,22,23,24,26). The zero-order valence-electron chi connectivity index (χ0n) is 14.6. The van der Waals surface area contributed by atoms with Crippen LogP contribution in [0.1, 0.15) is 12.0 Å². The lowest BCUT2D eigenvalue weighted by Crippen LogP contribution is -2.24. The first-order chi connectivity index (χ1) is 12.6. The number of hydrogen-bond acceptors (Lipinski definition) is 4. The summed E-state index contributed by atoms with van der Waals surface area (Å²) in [5.41, 5.74) is 3.04. The van der Waals surface area contributed by atoms with Gasteiger partial charge in [-0.2, -0.15) is 0 Å². The third-order valence-electron chi connectivity index (χ3n) is 4.97. The highest BCUT2D eigenvalue weighted by Gasteiger charge is 2.24. The van der Waals surface area contributed by atoms with Crippen molar-refractivity contribution in [2.45, 2.75) is 13.3 Å². The van der Waals surface area contributed by atoms with E-state index in [0.29, 0.717) is 22.8 Å². The average molecular weight is 369 g/mol. The van der Waals surface area contributed by atoms with Crippen molar-refractivity contribution in [1.82, 2.24) is 9.97 Å². The number of benzene rings is 2. The first kappa shape index (κ1) is 16.9. The van der Waals surface area contributed by atoms with Gasteiger partial charge in [0.25, 0.3) is 5.56 Å². The Balaban J connectivity index is 1.43. The molecule has 0 spiro atoms. The van der Waals surface area contributed by atoms with E-state index < -0.39 is 0 Å². The highest BCUT2D eigenvalue weighted by Crippen LogP contribution is 2.29. The van der Waals surface area contributed by atoms with E-state index in [2.05, 4.69) is 33.2 Å². The first-order valence-corrected chi connectivity index (χ1v) is 9.22. The summed E-state index contributed by atoms with van der Waals surface area (Å²) < 4.78 is 0. The summed E-state index contributed by atoms with van der Waals surface area (Å²) in [6.45, 7) is 4.86. The van der Waals surface area contributed by atoms with Crippen LogP contribution < -0.4 is 15.8 Å². The molecule has 1 atom stereocenters. The number of aromatic amines is 1. The second-order valence-electron chi connectivity index (χ2n) is 6.84. The van der Waals surface area contributed by atoms with Gasteiger partial charge in [-0.25, -0.2) is 4.98 Å². The quantitative estimate of drug-likeness (QED) is 0.734. The molecule has 3 aromatic rings. The molecule has 1 fully saturated rings. The Bertz CT molecular complexity index is 1000. The molecule has 0 radical (unpaired) electrons. The van der Waals surface area contributed by atoms with Crippen LogP contribution in [0.4, 0.5) is 11.6 Å². The van der Waals surface area contributed by atoms with E-state index in [-0.39, 0.29) is 5.56 Å². The van der Waals surface area contributed by atoms with Crippen LogP contribution in [0, 0.1) is 12.8 Å². The predicted molar refractivity (Wildman–Crippen MR) is 107 cm³/mol. The molecule has 1 unspecified atom stereocenters. The summed E-state index contributed by atoms with van der Waals surface area (Å²) in [5.74, 6) is 1.02. The topological polar surface area (TPSA) is 61.0 Å². The SMILES string of the molecule is Cc1ccc(Cl)cc1N1CCC(CNc2nc3ccccc3c(=O)[nH]2)C1. The zero-order chi connectivity index (χ0) is 18.1. The third kappa shape index (κ3) is 3.40. The molecule has 26 heavy (non-hydrogen) atoms. The van der Waals surface area contributed by atoms with Crippen LogP contribution in [0.15, 0.2) is 47.3 Å². The van der Waals surface area contributed by atoms with Crippen LogP contribution in [-0.2, 0) is 0 Å². The Labute approximate surface area is 157 Å². The monoisotopic (exact) mass is 368 g/mol. The number of aromatic nitrogens is 2. The van der Waals surface area contributed by atoms with Gasteiger partial charge in [-0.1, -0.05) is 29.8 Å². The number of para-hydroxylation sites is 1. The molecule has 2 N–H and O–H groups in total. The second-order valence-corrected chi connectivity index (χ2v) is 7.28. The van der Waals surface area contributed by atoms with Gasteiger partial charge in [0.15, 0.2) is 0 Å². The van der Waals surface area contributed by atoms with Crippen LogP contribution in [0.25, 0.3) is 10.9 Å². The van der Waals surface area contributed by atoms with Crippen LogP contribution in [0.3, 0.4) is 0 Å². The second kappa shape index (κ2) is 7.00. The van der Waals surface area contributed by atoms with Crippen LogP contribution in [0.5, 0.6) is 0 Å². The number of nitrogens with one attached hydrogen (secondary N) is 2. The third-order valence-corrected chi connectivity index (χ3v) is 5.20. The van der Waals surface area contributed by atoms with E-state index in [1.165, 1.54) is 11.3 Å². The van der Waals surface area contributed by atoms with Crippen molar-refractivity contribution in [3.63, 3.8) is 0 Å². The lowest BCUT2D eigenvalue weighted by Gasteiger charge is -2.21. The van der Waals surface area contributed by atoms with Gasteiger partial charge in [0.05, 0.1) is 10.9 Å². The summed E-state index contributed by atoms with van der Waals surface area (Å²) >= 11 is 6.15. The lowest BCUT2D eigenvalue weighted by molar-refractivity contribution is 0.619. The van der Waals surface area contributed by atoms with E-state index in [4.69, 9.17) is 11.6 Å². The molecule has 1 aliphatic rings. The Morgan fingerprint density at radius 2 is 2.15 bits per heavy atom. The molecule has 1 aromatic heterocycles. The molecule has 1 saturated heterocycles. The smallest absolute Gasteiger partial charge is 0.260 e. The number of H-pyrrole nitrogens is 1. The fraction of sp³-hybridized carbons (Fsp3) is 0.300. The van der Waals surface area contributed by atoms with Gasteiger partial charge in [0.2, 0.25) is 5.95 Å². The first-order valence-electron chi connectivity index (χ1n) is 8.84. The van der Waals surface area contributed by atoms with Crippen molar-refractivity contribution in [3.8, 4) is 0 Å². The lowest BCUT2D eigenvalue weighted by atomic mass is 10.1. The molecule has 6 heteroatoms. The molecule has 1 aliphatic heterocycles. The largest absolute Gasteiger partial charge is 0.371 e. The number of fused-ring (bicyclic) bond motifs is 1. The van der Waals surface area contributed by atoms with Crippen molar-refractivity contribution < 1.29 is 0 Å². The minimum absolute atomic E-state index is 0.110.